The number of hydrogen-bond donors (Lipinski definition) is 0. The molecular formula is C27H31N5O3. The van der Waals surface area contributed by atoms with Gasteiger partial charge < -0.3 is 24.2 Å². The number of carbonyl (C=O) groups excluding carboxylic acids is 1. The lowest BCUT2D eigenvalue weighted by atomic mass is 10.0. The van der Waals surface area contributed by atoms with Crippen molar-refractivity contribution in [3.8, 4) is 17.4 Å². The first-order valence-electron chi connectivity index (χ1n) is 12.1. The van der Waals surface area contributed by atoms with Gasteiger partial charge in [0.1, 0.15) is 11.5 Å². The van der Waals surface area contributed by atoms with Crippen molar-refractivity contribution in [1.82, 2.24) is 19.8 Å². The zero-order chi connectivity index (χ0) is 24.2. The number of amides is 1. The van der Waals surface area contributed by atoms with Gasteiger partial charge in [-0.3, -0.25) is 4.79 Å². The molecule has 5 rings (SSSR count). The van der Waals surface area contributed by atoms with Crippen LogP contribution in [0.15, 0.2) is 54.6 Å². The average Bonchev–Trinajstić information content (AvgIpc) is 2.90. The minimum absolute atomic E-state index is 0.0976. The molecule has 0 aliphatic carbocycles. The zero-order valence-electron chi connectivity index (χ0n) is 20.3. The van der Waals surface area contributed by atoms with Crippen molar-refractivity contribution in [2.45, 2.75) is 19.4 Å². The second-order valence-electron chi connectivity index (χ2n) is 9.05. The topological polar surface area (TPSA) is 71.0 Å². The summed E-state index contributed by atoms with van der Waals surface area (Å²) < 4.78 is 11.6. The van der Waals surface area contributed by atoms with E-state index in [0.29, 0.717) is 43.5 Å². The fourth-order valence-electron chi connectivity index (χ4n) is 4.45. The van der Waals surface area contributed by atoms with Crippen LogP contribution in [-0.2, 0) is 24.2 Å². The summed E-state index contributed by atoms with van der Waals surface area (Å²) in [6.45, 7) is 4.76. The maximum atomic E-state index is 13.1. The Hall–Kier alpha value is -3.65. The predicted molar refractivity (Wildman–Crippen MR) is 134 cm³/mol. The summed E-state index contributed by atoms with van der Waals surface area (Å²) in [7, 11) is 3.77. The van der Waals surface area contributed by atoms with Crippen LogP contribution in [0.1, 0.15) is 16.8 Å². The third-order valence-electron chi connectivity index (χ3n) is 6.62. The Morgan fingerprint density at radius 2 is 1.63 bits per heavy atom. The van der Waals surface area contributed by atoms with E-state index in [1.807, 2.05) is 59.5 Å². The van der Waals surface area contributed by atoms with E-state index in [4.69, 9.17) is 19.4 Å². The summed E-state index contributed by atoms with van der Waals surface area (Å²) in [5.74, 6) is 2.75. The molecule has 2 aliphatic rings. The van der Waals surface area contributed by atoms with Crippen LogP contribution in [0.5, 0.6) is 17.4 Å². The Kier molecular flexibility index (Phi) is 6.81. The molecule has 35 heavy (non-hydrogen) atoms. The van der Waals surface area contributed by atoms with E-state index in [-0.39, 0.29) is 5.91 Å². The second kappa shape index (κ2) is 10.3. The Balaban J connectivity index is 1.42. The molecule has 1 aromatic heterocycles. The predicted octanol–water partition coefficient (Wildman–Crippen LogP) is 3.16. The number of nitrogens with zero attached hydrogens (tertiary/aromatic N) is 5. The zero-order valence-corrected chi connectivity index (χ0v) is 20.3. The molecule has 0 spiro atoms. The Morgan fingerprint density at radius 3 is 2.34 bits per heavy atom. The van der Waals surface area contributed by atoms with Crippen LogP contribution < -0.4 is 14.4 Å². The molecule has 0 N–H and O–H groups in total. The molecule has 3 heterocycles. The summed E-state index contributed by atoms with van der Waals surface area (Å²) in [6, 6.07) is 17.3. The van der Waals surface area contributed by atoms with Crippen LogP contribution in [-0.4, -0.2) is 72.6 Å². The SMILES string of the molecule is COc1ccc(Oc2nc(N3CCN(C)CC3)nc3c2CN(C(=O)Cc2ccccc2)CC3)cc1. The summed E-state index contributed by atoms with van der Waals surface area (Å²) in [5, 5.41) is 0. The molecule has 0 bridgehead atoms. The molecule has 2 aliphatic heterocycles. The van der Waals surface area contributed by atoms with Gasteiger partial charge in [0.25, 0.3) is 0 Å². The summed E-state index contributed by atoms with van der Waals surface area (Å²) in [4.78, 5) is 29.3. The maximum Gasteiger partial charge on any atom is 0.229 e. The van der Waals surface area contributed by atoms with Crippen LogP contribution in [0.4, 0.5) is 5.95 Å². The van der Waals surface area contributed by atoms with Crippen LogP contribution in [0.25, 0.3) is 0 Å². The van der Waals surface area contributed by atoms with Gasteiger partial charge in [-0.25, -0.2) is 4.98 Å². The van der Waals surface area contributed by atoms with Gasteiger partial charge in [0.2, 0.25) is 17.7 Å². The quantitative estimate of drug-likeness (QED) is 0.545. The lowest BCUT2D eigenvalue weighted by Crippen LogP contribution is -2.45. The monoisotopic (exact) mass is 473 g/mol. The van der Waals surface area contributed by atoms with E-state index < -0.39 is 0 Å². The molecular weight excluding hydrogens is 442 g/mol. The number of fused-ring (bicyclic) bond motifs is 1. The molecule has 8 nitrogen and oxygen atoms in total. The number of anilines is 1. The van der Waals surface area contributed by atoms with E-state index in [2.05, 4.69) is 16.8 Å². The molecule has 2 aromatic carbocycles. The van der Waals surface area contributed by atoms with Gasteiger partial charge in [0.15, 0.2) is 0 Å². The highest BCUT2D eigenvalue weighted by molar-refractivity contribution is 5.79. The standard InChI is InChI=1S/C27H31N5O3/c1-30-14-16-31(17-15-30)27-28-24-12-13-32(25(33)18-20-6-4-3-5-7-20)19-23(24)26(29-27)35-22-10-8-21(34-2)9-11-22/h3-11H,12-19H2,1-2H3. The van der Waals surface area contributed by atoms with Crippen molar-refractivity contribution in [2.75, 3.05) is 51.8 Å². The maximum absolute atomic E-state index is 13.1. The third-order valence-corrected chi connectivity index (χ3v) is 6.62. The number of benzene rings is 2. The largest absolute Gasteiger partial charge is 0.497 e. The molecule has 182 valence electrons. The minimum Gasteiger partial charge on any atom is -0.497 e. The van der Waals surface area contributed by atoms with Crippen LogP contribution in [0.2, 0.25) is 0 Å². The van der Waals surface area contributed by atoms with Gasteiger partial charge in [0.05, 0.1) is 31.3 Å². The summed E-state index contributed by atoms with van der Waals surface area (Å²) >= 11 is 0. The van der Waals surface area contributed by atoms with E-state index in [0.717, 1.165) is 48.7 Å². The molecule has 1 fully saturated rings. The van der Waals surface area contributed by atoms with Crippen molar-refractivity contribution in [2.24, 2.45) is 0 Å². The third kappa shape index (κ3) is 5.38. The van der Waals surface area contributed by atoms with Gasteiger partial charge >= 0.3 is 0 Å². The molecule has 0 radical (unpaired) electrons. The molecule has 0 unspecified atom stereocenters. The number of ether oxygens (including phenoxy) is 2. The lowest BCUT2D eigenvalue weighted by Gasteiger charge is -2.34. The fourth-order valence-corrected chi connectivity index (χ4v) is 4.45. The van der Waals surface area contributed by atoms with Crippen LogP contribution in [0.3, 0.4) is 0 Å². The first kappa shape index (κ1) is 23.1. The molecule has 8 heteroatoms. The Labute approximate surface area is 206 Å². The van der Waals surface area contributed by atoms with Crippen molar-refractivity contribution < 1.29 is 14.3 Å². The van der Waals surface area contributed by atoms with Gasteiger partial charge in [0, 0.05) is 39.1 Å². The van der Waals surface area contributed by atoms with Gasteiger partial charge in [-0.1, -0.05) is 30.3 Å². The molecule has 0 atom stereocenters. The number of hydrogen-bond acceptors (Lipinski definition) is 7. The molecule has 0 saturated carbocycles. The van der Waals surface area contributed by atoms with Crippen LogP contribution in [0, 0.1) is 0 Å². The number of likely N-dealkylation sites (N-methyl/N-ethyl adjacent to an activating group) is 1. The number of piperazine rings is 1. The number of methoxy groups -OCH3 is 1. The fraction of sp³-hybridized carbons (Fsp3) is 0.370. The van der Waals surface area contributed by atoms with Crippen LogP contribution >= 0.6 is 0 Å². The molecule has 1 saturated heterocycles. The lowest BCUT2D eigenvalue weighted by molar-refractivity contribution is -0.131. The normalized spacial score (nSPS) is 16.1. The first-order valence-corrected chi connectivity index (χ1v) is 12.1. The first-order chi connectivity index (χ1) is 17.1. The van der Waals surface area contributed by atoms with Gasteiger partial charge in [-0.15, -0.1) is 0 Å². The number of carbonyl (C=O) groups is 1. The highest BCUT2D eigenvalue weighted by Crippen LogP contribution is 2.32. The summed E-state index contributed by atoms with van der Waals surface area (Å²) in [6.07, 6.45) is 1.06. The highest BCUT2D eigenvalue weighted by atomic mass is 16.5. The second-order valence-corrected chi connectivity index (χ2v) is 9.05. The smallest absolute Gasteiger partial charge is 0.229 e. The Bertz CT molecular complexity index is 1160. The highest BCUT2D eigenvalue weighted by Gasteiger charge is 2.28. The van der Waals surface area contributed by atoms with Crippen molar-refractivity contribution in [3.05, 3.63) is 71.4 Å². The van der Waals surface area contributed by atoms with Crippen molar-refractivity contribution in [3.63, 3.8) is 0 Å². The van der Waals surface area contributed by atoms with E-state index in [1.54, 1.807) is 7.11 Å². The van der Waals surface area contributed by atoms with Crippen molar-refractivity contribution >= 4 is 11.9 Å². The van der Waals surface area contributed by atoms with Gasteiger partial charge in [-0.05, 0) is 36.9 Å². The molecule has 3 aromatic rings. The van der Waals surface area contributed by atoms with E-state index >= 15 is 0 Å². The van der Waals surface area contributed by atoms with Gasteiger partial charge in [-0.2, -0.15) is 4.98 Å². The minimum atomic E-state index is 0.0976. The number of aromatic nitrogens is 2. The Morgan fingerprint density at radius 1 is 0.914 bits per heavy atom. The van der Waals surface area contributed by atoms with E-state index in [9.17, 15) is 4.79 Å². The van der Waals surface area contributed by atoms with E-state index in [1.165, 1.54) is 0 Å². The molecule has 1 amide bonds. The average molecular weight is 474 g/mol. The number of rotatable bonds is 6. The van der Waals surface area contributed by atoms with Crippen molar-refractivity contribution in [1.29, 1.82) is 0 Å². The summed E-state index contributed by atoms with van der Waals surface area (Å²) in [5.41, 5.74) is 2.85.